The highest BCUT2D eigenvalue weighted by molar-refractivity contribution is 5.85. The molecule has 1 aliphatic carbocycles. The predicted molar refractivity (Wildman–Crippen MR) is 64.0 cm³/mol. The molecular weight excluding hydrogens is 204 g/mol. The fraction of sp³-hybridized carbons (Fsp3) is 0.917. The lowest BCUT2D eigenvalue weighted by molar-refractivity contribution is -0.145. The van der Waals surface area contributed by atoms with E-state index >= 15 is 0 Å². The van der Waals surface area contributed by atoms with Crippen LogP contribution in [-0.2, 0) is 9.53 Å². The van der Waals surface area contributed by atoms with Gasteiger partial charge in [0, 0.05) is 24.6 Å². The van der Waals surface area contributed by atoms with E-state index in [0.29, 0.717) is 6.42 Å². The molecule has 0 saturated heterocycles. The average molecular weight is 228 g/mol. The van der Waals surface area contributed by atoms with E-state index in [2.05, 4.69) is 19.2 Å². The SMILES string of the molecule is CCC(C)(OC)C(=O)NC1CC(N)C1(C)C. The van der Waals surface area contributed by atoms with Crippen molar-refractivity contribution in [3.63, 3.8) is 0 Å². The Balaban J connectivity index is 2.60. The minimum Gasteiger partial charge on any atom is -0.369 e. The average Bonchev–Trinajstić information content (AvgIpc) is 2.27. The Hall–Kier alpha value is -0.610. The molecule has 3 atom stereocenters. The van der Waals surface area contributed by atoms with Gasteiger partial charge in [0.25, 0.3) is 5.91 Å². The number of nitrogens with one attached hydrogen (secondary N) is 1. The Labute approximate surface area is 97.9 Å². The van der Waals surface area contributed by atoms with Gasteiger partial charge in [0.2, 0.25) is 0 Å². The third-order valence-corrected chi connectivity index (χ3v) is 4.25. The molecule has 94 valence electrons. The van der Waals surface area contributed by atoms with Gasteiger partial charge in [0.1, 0.15) is 5.60 Å². The van der Waals surface area contributed by atoms with Gasteiger partial charge in [0.05, 0.1) is 0 Å². The lowest BCUT2D eigenvalue weighted by Gasteiger charge is -2.51. The van der Waals surface area contributed by atoms with Crippen LogP contribution in [0.25, 0.3) is 0 Å². The minimum absolute atomic E-state index is 0.0158. The molecule has 0 spiro atoms. The number of amides is 1. The normalized spacial score (nSPS) is 31.4. The molecule has 1 saturated carbocycles. The van der Waals surface area contributed by atoms with Crippen molar-refractivity contribution in [3.05, 3.63) is 0 Å². The molecular formula is C12H24N2O2. The zero-order valence-corrected chi connectivity index (χ0v) is 11.0. The van der Waals surface area contributed by atoms with Gasteiger partial charge in [-0.3, -0.25) is 4.79 Å². The van der Waals surface area contributed by atoms with E-state index < -0.39 is 5.60 Å². The van der Waals surface area contributed by atoms with Crippen LogP contribution in [0.1, 0.15) is 40.5 Å². The molecule has 0 aromatic rings. The summed E-state index contributed by atoms with van der Waals surface area (Å²) in [6.45, 7) is 7.93. The van der Waals surface area contributed by atoms with Gasteiger partial charge < -0.3 is 15.8 Å². The molecule has 1 rings (SSSR count). The van der Waals surface area contributed by atoms with Crippen LogP contribution >= 0.6 is 0 Å². The van der Waals surface area contributed by atoms with Crippen LogP contribution in [0.4, 0.5) is 0 Å². The largest absolute Gasteiger partial charge is 0.369 e. The first-order chi connectivity index (χ1) is 7.28. The minimum atomic E-state index is -0.726. The number of carbonyl (C=O) groups is 1. The van der Waals surface area contributed by atoms with Gasteiger partial charge in [-0.15, -0.1) is 0 Å². The fourth-order valence-corrected chi connectivity index (χ4v) is 1.91. The van der Waals surface area contributed by atoms with E-state index in [0.717, 1.165) is 6.42 Å². The summed E-state index contributed by atoms with van der Waals surface area (Å²) in [6.07, 6.45) is 1.51. The maximum absolute atomic E-state index is 12.0. The first kappa shape index (κ1) is 13.5. The van der Waals surface area contributed by atoms with Crippen LogP contribution in [0.5, 0.6) is 0 Å². The van der Waals surface area contributed by atoms with Crippen molar-refractivity contribution in [3.8, 4) is 0 Å². The lowest BCUT2D eigenvalue weighted by Crippen LogP contribution is -2.66. The van der Waals surface area contributed by atoms with Crippen LogP contribution in [0.3, 0.4) is 0 Å². The van der Waals surface area contributed by atoms with E-state index in [1.165, 1.54) is 0 Å². The molecule has 4 nitrogen and oxygen atoms in total. The van der Waals surface area contributed by atoms with Crippen molar-refractivity contribution in [1.82, 2.24) is 5.32 Å². The van der Waals surface area contributed by atoms with Crippen molar-refractivity contribution in [2.24, 2.45) is 11.1 Å². The first-order valence-electron chi connectivity index (χ1n) is 5.89. The standard InChI is InChI=1S/C12H24N2O2/c1-6-12(4,16-5)10(15)14-9-7-8(13)11(9,2)3/h8-9H,6-7,13H2,1-5H3,(H,14,15). The van der Waals surface area contributed by atoms with Crippen LogP contribution < -0.4 is 11.1 Å². The summed E-state index contributed by atoms with van der Waals surface area (Å²) in [6, 6.07) is 0.337. The van der Waals surface area contributed by atoms with E-state index in [1.54, 1.807) is 7.11 Å². The Morgan fingerprint density at radius 2 is 2.19 bits per heavy atom. The maximum atomic E-state index is 12.0. The number of rotatable bonds is 4. The van der Waals surface area contributed by atoms with Gasteiger partial charge >= 0.3 is 0 Å². The number of ether oxygens (including phenoxy) is 1. The Bertz CT molecular complexity index is 272. The molecule has 0 aromatic carbocycles. The Morgan fingerprint density at radius 1 is 1.62 bits per heavy atom. The molecule has 0 radical (unpaired) electrons. The molecule has 3 N–H and O–H groups in total. The summed E-state index contributed by atoms with van der Waals surface area (Å²) >= 11 is 0. The summed E-state index contributed by atoms with van der Waals surface area (Å²) in [5, 5.41) is 3.04. The quantitative estimate of drug-likeness (QED) is 0.755. The zero-order valence-electron chi connectivity index (χ0n) is 11.0. The molecule has 1 aliphatic rings. The third kappa shape index (κ3) is 2.09. The third-order valence-electron chi connectivity index (χ3n) is 4.25. The van der Waals surface area contributed by atoms with Gasteiger partial charge in [-0.05, 0) is 19.8 Å². The van der Waals surface area contributed by atoms with Gasteiger partial charge in [0.15, 0.2) is 0 Å². The number of methoxy groups -OCH3 is 1. The van der Waals surface area contributed by atoms with E-state index in [4.69, 9.17) is 10.5 Å². The van der Waals surface area contributed by atoms with E-state index in [9.17, 15) is 4.79 Å². The van der Waals surface area contributed by atoms with Gasteiger partial charge in [-0.25, -0.2) is 0 Å². The lowest BCUT2D eigenvalue weighted by atomic mass is 9.63. The van der Waals surface area contributed by atoms with Crippen molar-refractivity contribution < 1.29 is 9.53 Å². The summed E-state index contributed by atoms with van der Waals surface area (Å²) in [4.78, 5) is 12.0. The maximum Gasteiger partial charge on any atom is 0.252 e. The highest BCUT2D eigenvalue weighted by atomic mass is 16.5. The number of carbonyl (C=O) groups excluding carboxylic acids is 1. The monoisotopic (exact) mass is 228 g/mol. The summed E-state index contributed by atoms with van der Waals surface area (Å²) in [5.41, 5.74) is 5.17. The second-order valence-electron chi connectivity index (χ2n) is 5.48. The van der Waals surface area contributed by atoms with Gasteiger partial charge in [-0.2, -0.15) is 0 Å². The predicted octanol–water partition coefficient (Wildman–Crippen LogP) is 1.04. The highest BCUT2D eigenvalue weighted by Gasteiger charge is 2.48. The molecule has 1 amide bonds. The zero-order chi connectivity index (χ0) is 12.6. The van der Waals surface area contributed by atoms with Crippen molar-refractivity contribution in [2.75, 3.05) is 7.11 Å². The summed E-state index contributed by atoms with van der Waals surface area (Å²) in [7, 11) is 1.57. The van der Waals surface area contributed by atoms with Crippen molar-refractivity contribution in [1.29, 1.82) is 0 Å². The van der Waals surface area contributed by atoms with Crippen molar-refractivity contribution in [2.45, 2.75) is 58.2 Å². The van der Waals surface area contributed by atoms with E-state index in [1.807, 2.05) is 13.8 Å². The van der Waals surface area contributed by atoms with Crippen LogP contribution in [0.15, 0.2) is 0 Å². The van der Waals surface area contributed by atoms with E-state index in [-0.39, 0.29) is 23.4 Å². The molecule has 0 aliphatic heterocycles. The van der Waals surface area contributed by atoms with Crippen LogP contribution in [0, 0.1) is 5.41 Å². The summed E-state index contributed by atoms with van der Waals surface area (Å²) in [5.74, 6) is -0.0394. The number of hydrogen-bond acceptors (Lipinski definition) is 3. The van der Waals surface area contributed by atoms with Crippen LogP contribution in [0.2, 0.25) is 0 Å². The first-order valence-corrected chi connectivity index (χ1v) is 5.89. The second kappa shape index (κ2) is 4.34. The molecule has 0 aromatic heterocycles. The smallest absolute Gasteiger partial charge is 0.252 e. The van der Waals surface area contributed by atoms with Crippen molar-refractivity contribution >= 4 is 5.91 Å². The number of nitrogens with two attached hydrogens (primary N) is 1. The topological polar surface area (TPSA) is 64.3 Å². The molecule has 4 heteroatoms. The number of hydrogen-bond donors (Lipinski definition) is 2. The second-order valence-corrected chi connectivity index (χ2v) is 5.48. The summed E-state index contributed by atoms with van der Waals surface area (Å²) < 4.78 is 5.27. The molecule has 1 fully saturated rings. The molecule has 0 heterocycles. The molecule has 16 heavy (non-hydrogen) atoms. The Kier molecular flexibility index (Phi) is 3.65. The Morgan fingerprint density at radius 3 is 2.50 bits per heavy atom. The highest BCUT2D eigenvalue weighted by Crippen LogP contribution is 2.39. The molecule has 3 unspecified atom stereocenters. The fourth-order valence-electron chi connectivity index (χ4n) is 1.91. The molecule has 0 bridgehead atoms. The van der Waals surface area contributed by atoms with Crippen LogP contribution in [-0.4, -0.2) is 30.7 Å². The van der Waals surface area contributed by atoms with Gasteiger partial charge in [-0.1, -0.05) is 20.8 Å².